The van der Waals surface area contributed by atoms with Crippen molar-refractivity contribution in [2.75, 3.05) is 13.2 Å². The first kappa shape index (κ1) is 18.5. The van der Waals surface area contributed by atoms with Crippen LogP contribution in [0.3, 0.4) is 0 Å². The molecule has 3 nitrogen and oxygen atoms in total. The fourth-order valence-electron chi connectivity index (χ4n) is 3.98. The van der Waals surface area contributed by atoms with E-state index in [2.05, 4.69) is 27.0 Å². The highest BCUT2D eigenvalue weighted by molar-refractivity contribution is 5.03. The van der Waals surface area contributed by atoms with Gasteiger partial charge in [0.15, 0.2) is 0 Å². The Balaban J connectivity index is 1.80. The van der Waals surface area contributed by atoms with Crippen LogP contribution >= 0.6 is 0 Å². The van der Waals surface area contributed by atoms with Crippen molar-refractivity contribution in [2.45, 2.75) is 77.4 Å². The fraction of sp³-hybridized carbons (Fsp3) is 0.800. The van der Waals surface area contributed by atoms with Gasteiger partial charge in [0.05, 0.1) is 23.7 Å². The van der Waals surface area contributed by atoms with Crippen molar-refractivity contribution in [1.29, 1.82) is 0 Å². The normalized spacial score (nSPS) is 31.6. The highest BCUT2D eigenvalue weighted by atomic mass is 16.5. The predicted molar refractivity (Wildman–Crippen MR) is 94.1 cm³/mol. The standard InChI is InChI=1S/C20H34O3/c1-5-21-19-11-7-9-17(13-19)15(3)23-16(4)18-10-8-12-20(14-18)22-6-2/h17-20H,3-14H2,1-2H3. The highest BCUT2D eigenvalue weighted by Gasteiger charge is 2.29. The van der Waals surface area contributed by atoms with Crippen LogP contribution in [0.15, 0.2) is 24.7 Å². The Morgan fingerprint density at radius 2 is 1.22 bits per heavy atom. The second-order valence-electron chi connectivity index (χ2n) is 6.92. The summed E-state index contributed by atoms with van der Waals surface area (Å²) in [4.78, 5) is 0. The molecule has 0 spiro atoms. The maximum Gasteiger partial charge on any atom is 0.0996 e. The molecular formula is C20H34O3. The van der Waals surface area contributed by atoms with E-state index >= 15 is 0 Å². The molecule has 3 heteroatoms. The van der Waals surface area contributed by atoms with E-state index in [1.165, 1.54) is 12.8 Å². The van der Waals surface area contributed by atoms with Gasteiger partial charge in [-0.05, 0) is 52.4 Å². The lowest BCUT2D eigenvalue weighted by molar-refractivity contribution is 0.00995. The Morgan fingerprint density at radius 3 is 1.61 bits per heavy atom. The molecule has 0 amide bonds. The highest BCUT2D eigenvalue weighted by Crippen LogP contribution is 2.36. The van der Waals surface area contributed by atoms with Crippen LogP contribution in [0.5, 0.6) is 0 Å². The van der Waals surface area contributed by atoms with Gasteiger partial charge >= 0.3 is 0 Å². The Hall–Kier alpha value is -0.800. The van der Waals surface area contributed by atoms with E-state index in [0.29, 0.717) is 24.0 Å². The molecule has 0 aromatic carbocycles. The second-order valence-corrected chi connectivity index (χ2v) is 6.92. The monoisotopic (exact) mass is 322 g/mol. The summed E-state index contributed by atoms with van der Waals surface area (Å²) >= 11 is 0. The van der Waals surface area contributed by atoms with Gasteiger partial charge in [-0.1, -0.05) is 26.0 Å². The summed E-state index contributed by atoms with van der Waals surface area (Å²) in [7, 11) is 0. The van der Waals surface area contributed by atoms with Gasteiger partial charge in [0.1, 0.15) is 0 Å². The summed E-state index contributed by atoms with van der Waals surface area (Å²) in [6, 6.07) is 0. The van der Waals surface area contributed by atoms with Gasteiger partial charge < -0.3 is 14.2 Å². The Kier molecular flexibility index (Phi) is 7.64. The van der Waals surface area contributed by atoms with Crippen molar-refractivity contribution in [3.63, 3.8) is 0 Å². The minimum absolute atomic E-state index is 0.365. The average Bonchev–Trinajstić information content (AvgIpc) is 2.56. The third kappa shape index (κ3) is 5.65. The molecule has 0 bridgehead atoms. The molecule has 2 aliphatic carbocycles. The molecule has 2 fully saturated rings. The molecule has 2 aliphatic rings. The van der Waals surface area contributed by atoms with E-state index in [9.17, 15) is 0 Å². The summed E-state index contributed by atoms with van der Waals surface area (Å²) < 4.78 is 17.7. The van der Waals surface area contributed by atoms with Gasteiger partial charge in [0.25, 0.3) is 0 Å². The molecule has 2 rings (SSSR count). The van der Waals surface area contributed by atoms with Crippen molar-refractivity contribution in [3.8, 4) is 0 Å². The van der Waals surface area contributed by atoms with Crippen molar-refractivity contribution in [2.24, 2.45) is 11.8 Å². The lowest BCUT2D eigenvalue weighted by atomic mass is 9.85. The molecule has 0 saturated heterocycles. The SMILES string of the molecule is C=C(OC(=C)C1CCCC(OCC)C1)C1CCCC(OCC)C1. The lowest BCUT2D eigenvalue weighted by Gasteiger charge is -2.33. The van der Waals surface area contributed by atoms with Gasteiger partial charge in [0.2, 0.25) is 0 Å². The van der Waals surface area contributed by atoms with Crippen molar-refractivity contribution in [3.05, 3.63) is 24.7 Å². The maximum atomic E-state index is 6.08. The fourth-order valence-corrected chi connectivity index (χ4v) is 3.98. The first-order valence-electron chi connectivity index (χ1n) is 9.42. The predicted octanol–water partition coefficient (Wildman–Crippen LogP) is 5.22. The summed E-state index contributed by atoms with van der Waals surface area (Å²) in [6.45, 7) is 14.1. The quantitative estimate of drug-likeness (QED) is 0.573. The molecule has 0 aromatic heterocycles. The molecule has 4 atom stereocenters. The zero-order valence-electron chi connectivity index (χ0n) is 15.0. The van der Waals surface area contributed by atoms with E-state index in [-0.39, 0.29) is 0 Å². The third-order valence-electron chi connectivity index (χ3n) is 5.23. The van der Waals surface area contributed by atoms with Crippen LogP contribution in [0.2, 0.25) is 0 Å². The zero-order chi connectivity index (χ0) is 16.7. The van der Waals surface area contributed by atoms with Crippen molar-refractivity contribution in [1.82, 2.24) is 0 Å². The van der Waals surface area contributed by atoms with E-state index in [4.69, 9.17) is 14.2 Å². The van der Waals surface area contributed by atoms with Gasteiger partial charge in [-0.2, -0.15) is 0 Å². The van der Waals surface area contributed by atoms with Crippen LogP contribution in [-0.2, 0) is 14.2 Å². The molecule has 0 radical (unpaired) electrons. The van der Waals surface area contributed by atoms with Gasteiger partial charge in [-0.25, -0.2) is 0 Å². The molecule has 0 aliphatic heterocycles. The van der Waals surface area contributed by atoms with Gasteiger partial charge in [-0.15, -0.1) is 0 Å². The van der Waals surface area contributed by atoms with E-state index in [0.717, 1.165) is 63.3 Å². The van der Waals surface area contributed by atoms with Crippen LogP contribution in [0.4, 0.5) is 0 Å². The van der Waals surface area contributed by atoms with Crippen LogP contribution in [-0.4, -0.2) is 25.4 Å². The average molecular weight is 322 g/mol. The Morgan fingerprint density at radius 1 is 0.783 bits per heavy atom. The Labute approximate surface area is 142 Å². The minimum atomic E-state index is 0.365. The van der Waals surface area contributed by atoms with Crippen molar-refractivity contribution < 1.29 is 14.2 Å². The second kappa shape index (κ2) is 9.48. The first-order valence-corrected chi connectivity index (χ1v) is 9.42. The van der Waals surface area contributed by atoms with Crippen LogP contribution in [0.1, 0.15) is 65.2 Å². The number of hydrogen-bond acceptors (Lipinski definition) is 3. The Bertz CT molecular complexity index is 350. The molecule has 132 valence electrons. The van der Waals surface area contributed by atoms with Crippen molar-refractivity contribution >= 4 is 0 Å². The number of rotatable bonds is 8. The van der Waals surface area contributed by atoms with E-state index in [1.807, 2.05) is 0 Å². The smallest absolute Gasteiger partial charge is 0.0996 e. The molecule has 23 heavy (non-hydrogen) atoms. The van der Waals surface area contributed by atoms with E-state index < -0.39 is 0 Å². The van der Waals surface area contributed by atoms with Crippen LogP contribution in [0, 0.1) is 11.8 Å². The number of allylic oxidation sites excluding steroid dienone is 2. The largest absolute Gasteiger partial charge is 0.467 e. The van der Waals surface area contributed by atoms with Gasteiger partial charge in [-0.3, -0.25) is 0 Å². The molecular weight excluding hydrogens is 288 g/mol. The number of hydrogen-bond donors (Lipinski definition) is 0. The molecule has 0 heterocycles. The van der Waals surface area contributed by atoms with E-state index in [1.54, 1.807) is 0 Å². The number of ether oxygens (including phenoxy) is 3. The summed E-state index contributed by atoms with van der Waals surface area (Å²) in [5.41, 5.74) is 0. The third-order valence-corrected chi connectivity index (χ3v) is 5.23. The zero-order valence-corrected chi connectivity index (χ0v) is 15.0. The lowest BCUT2D eigenvalue weighted by Crippen LogP contribution is -2.26. The van der Waals surface area contributed by atoms with Gasteiger partial charge in [0, 0.05) is 25.0 Å². The molecule has 0 N–H and O–H groups in total. The summed E-state index contributed by atoms with van der Waals surface area (Å²) in [6.07, 6.45) is 9.82. The minimum Gasteiger partial charge on any atom is -0.467 e. The topological polar surface area (TPSA) is 27.7 Å². The molecule has 0 aromatic rings. The summed E-state index contributed by atoms with van der Waals surface area (Å²) in [5.74, 6) is 2.59. The maximum absolute atomic E-state index is 6.08. The summed E-state index contributed by atoms with van der Waals surface area (Å²) in [5, 5.41) is 0. The van der Waals surface area contributed by atoms with Crippen LogP contribution in [0.25, 0.3) is 0 Å². The molecule has 4 unspecified atom stereocenters. The first-order chi connectivity index (χ1) is 11.1. The molecule has 2 saturated carbocycles. The van der Waals surface area contributed by atoms with Crippen LogP contribution < -0.4 is 0 Å².